The monoisotopic (exact) mass is 252 g/mol. The van der Waals surface area contributed by atoms with Gasteiger partial charge in [0, 0.05) is 28.9 Å². The average Bonchev–Trinajstić information content (AvgIpc) is 3.04. The van der Waals surface area contributed by atoms with Crippen molar-refractivity contribution in [2.75, 3.05) is 6.54 Å². The fraction of sp³-hybridized carbons (Fsp3) is 0.714. The Bertz CT molecular complexity index is 342. The smallest absolute Gasteiger partial charge is 0.0330 e. The predicted molar refractivity (Wildman–Crippen MR) is 75.1 cm³/mol. The minimum Gasteiger partial charge on any atom is -0.326 e. The Labute approximate surface area is 109 Å². The van der Waals surface area contributed by atoms with Crippen molar-refractivity contribution in [2.45, 2.75) is 52.2 Å². The maximum Gasteiger partial charge on any atom is 0.0330 e. The minimum absolute atomic E-state index is 0.681. The molecule has 0 aromatic carbocycles. The quantitative estimate of drug-likeness (QED) is 0.807. The number of nitrogens with two attached hydrogens (primary N) is 1. The second-order valence-corrected chi connectivity index (χ2v) is 6.71. The van der Waals surface area contributed by atoms with Crippen molar-refractivity contribution < 1.29 is 0 Å². The Morgan fingerprint density at radius 2 is 2.06 bits per heavy atom. The molecule has 17 heavy (non-hydrogen) atoms. The summed E-state index contributed by atoms with van der Waals surface area (Å²) in [5.41, 5.74) is 5.66. The van der Waals surface area contributed by atoms with Gasteiger partial charge in [-0.05, 0) is 43.9 Å². The van der Waals surface area contributed by atoms with E-state index in [0.717, 1.165) is 18.5 Å². The van der Waals surface area contributed by atoms with Gasteiger partial charge in [-0.2, -0.15) is 0 Å². The zero-order valence-electron chi connectivity index (χ0n) is 11.0. The highest BCUT2D eigenvalue weighted by molar-refractivity contribution is 7.11. The van der Waals surface area contributed by atoms with Gasteiger partial charge in [0.25, 0.3) is 0 Å². The highest BCUT2D eigenvalue weighted by atomic mass is 32.1. The van der Waals surface area contributed by atoms with E-state index < -0.39 is 0 Å². The molecule has 2 N–H and O–H groups in total. The molecule has 0 aliphatic heterocycles. The molecule has 0 radical (unpaired) electrons. The van der Waals surface area contributed by atoms with Crippen molar-refractivity contribution in [3.63, 3.8) is 0 Å². The molecule has 0 amide bonds. The van der Waals surface area contributed by atoms with E-state index in [2.05, 4.69) is 30.9 Å². The average molecular weight is 252 g/mol. The minimum atomic E-state index is 0.681. The lowest BCUT2D eigenvalue weighted by Crippen LogP contribution is -2.27. The molecular formula is C14H24N2S. The van der Waals surface area contributed by atoms with Crippen molar-refractivity contribution in [1.82, 2.24) is 4.90 Å². The van der Waals surface area contributed by atoms with Crippen molar-refractivity contribution in [3.05, 3.63) is 21.9 Å². The molecule has 1 aromatic rings. The molecule has 1 aliphatic rings. The van der Waals surface area contributed by atoms with Crippen molar-refractivity contribution in [3.8, 4) is 0 Å². The molecule has 0 bridgehead atoms. The molecule has 0 saturated heterocycles. The zero-order valence-corrected chi connectivity index (χ0v) is 11.8. The Hall–Kier alpha value is -0.380. The topological polar surface area (TPSA) is 29.3 Å². The molecule has 96 valence electrons. The molecule has 0 atom stereocenters. The molecule has 3 heteroatoms. The lowest BCUT2D eigenvalue weighted by Gasteiger charge is -2.22. The van der Waals surface area contributed by atoms with Crippen LogP contribution in [0.4, 0.5) is 0 Å². The Kier molecular flexibility index (Phi) is 4.60. The highest BCUT2D eigenvalue weighted by Gasteiger charge is 2.28. The van der Waals surface area contributed by atoms with Crippen LogP contribution in [0.25, 0.3) is 0 Å². The highest BCUT2D eigenvalue weighted by Crippen LogP contribution is 2.30. The maximum atomic E-state index is 5.66. The van der Waals surface area contributed by atoms with E-state index in [1.165, 1.54) is 35.6 Å². The fourth-order valence-electron chi connectivity index (χ4n) is 2.07. The number of hydrogen-bond donors (Lipinski definition) is 1. The maximum absolute atomic E-state index is 5.66. The van der Waals surface area contributed by atoms with E-state index >= 15 is 0 Å². The zero-order chi connectivity index (χ0) is 12.3. The summed E-state index contributed by atoms with van der Waals surface area (Å²) in [7, 11) is 0. The largest absolute Gasteiger partial charge is 0.326 e. The second kappa shape index (κ2) is 5.98. The van der Waals surface area contributed by atoms with E-state index in [1.807, 2.05) is 11.3 Å². The van der Waals surface area contributed by atoms with Gasteiger partial charge in [0.1, 0.15) is 0 Å². The normalized spacial score (nSPS) is 16.1. The van der Waals surface area contributed by atoms with E-state index in [4.69, 9.17) is 5.73 Å². The third-order valence-electron chi connectivity index (χ3n) is 3.33. The summed E-state index contributed by atoms with van der Waals surface area (Å²) < 4.78 is 0. The van der Waals surface area contributed by atoms with Gasteiger partial charge in [-0.1, -0.05) is 13.8 Å². The molecule has 0 spiro atoms. The van der Waals surface area contributed by atoms with Gasteiger partial charge in [0.15, 0.2) is 0 Å². The van der Waals surface area contributed by atoms with Crippen molar-refractivity contribution in [2.24, 2.45) is 11.7 Å². The molecule has 2 nitrogen and oxygen atoms in total. The Morgan fingerprint density at radius 1 is 1.35 bits per heavy atom. The van der Waals surface area contributed by atoms with Crippen LogP contribution in [0, 0.1) is 5.92 Å². The number of hydrogen-bond acceptors (Lipinski definition) is 3. The van der Waals surface area contributed by atoms with Gasteiger partial charge < -0.3 is 5.73 Å². The first-order valence-corrected chi connectivity index (χ1v) is 7.52. The van der Waals surface area contributed by atoms with Crippen LogP contribution < -0.4 is 5.73 Å². The van der Waals surface area contributed by atoms with Crippen LogP contribution in [0.2, 0.25) is 0 Å². The fourth-order valence-corrected chi connectivity index (χ4v) is 2.99. The van der Waals surface area contributed by atoms with Gasteiger partial charge in [-0.3, -0.25) is 4.90 Å². The molecule has 1 aliphatic carbocycles. The third kappa shape index (κ3) is 4.09. The first-order chi connectivity index (χ1) is 8.19. The first-order valence-electron chi connectivity index (χ1n) is 6.70. The van der Waals surface area contributed by atoms with Gasteiger partial charge >= 0.3 is 0 Å². The first kappa shape index (κ1) is 13.1. The van der Waals surface area contributed by atoms with Crippen LogP contribution in [0.15, 0.2) is 12.1 Å². The molecule has 1 fully saturated rings. The van der Waals surface area contributed by atoms with Gasteiger partial charge in [0.05, 0.1) is 0 Å². The summed E-state index contributed by atoms with van der Waals surface area (Å²) in [6, 6.07) is 5.28. The summed E-state index contributed by atoms with van der Waals surface area (Å²) in [5.74, 6) is 0.805. The molecule has 0 unspecified atom stereocenters. The van der Waals surface area contributed by atoms with Crippen LogP contribution in [0.1, 0.15) is 42.9 Å². The van der Waals surface area contributed by atoms with Crippen LogP contribution >= 0.6 is 11.3 Å². The molecule has 1 aromatic heterocycles. The summed E-state index contributed by atoms with van der Waals surface area (Å²) in [6.07, 6.45) is 4.10. The van der Waals surface area contributed by atoms with Crippen molar-refractivity contribution in [1.29, 1.82) is 0 Å². The van der Waals surface area contributed by atoms with E-state index in [1.54, 1.807) is 0 Å². The standard InChI is InChI=1S/C14H24N2S/c1-11(2)7-8-16(12-3-4-12)10-14-6-5-13(9-15)17-14/h5-6,11-12H,3-4,7-10,15H2,1-2H3. The molecular weight excluding hydrogens is 228 g/mol. The molecule has 1 saturated carbocycles. The Balaban J connectivity index is 1.88. The Morgan fingerprint density at radius 3 is 2.59 bits per heavy atom. The molecule has 2 rings (SSSR count). The van der Waals surface area contributed by atoms with Gasteiger partial charge in [-0.15, -0.1) is 11.3 Å². The summed E-state index contributed by atoms with van der Waals surface area (Å²) >= 11 is 1.87. The number of nitrogens with zero attached hydrogens (tertiary/aromatic N) is 1. The second-order valence-electron chi connectivity index (χ2n) is 5.46. The van der Waals surface area contributed by atoms with E-state index in [0.29, 0.717) is 6.54 Å². The van der Waals surface area contributed by atoms with E-state index in [-0.39, 0.29) is 0 Å². The lowest BCUT2D eigenvalue weighted by molar-refractivity contribution is 0.241. The van der Waals surface area contributed by atoms with Crippen LogP contribution in [0.3, 0.4) is 0 Å². The lowest BCUT2D eigenvalue weighted by atomic mass is 10.1. The van der Waals surface area contributed by atoms with Crippen LogP contribution in [-0.4, -0.2) is 17.5 Å². The molecule has 1 heterocycles. The van der Waals surface area contributed by atoms with E-state index in [9.17, 15) is 0 Å². The van der Waals surface area contributed by atoms with Crippen molar-refractivity contribution >= 4 is 11.3 Å². The van der Waals surface area contributed by atoms with Gasteiger partial charge in [-0.25, -0.2) is 0 Å². The number of thiophene rings is 1. The van der Waals surface area contributed by atoms with Crippen LogP contribution in [0.5, 0.6) is 0 Å². The SMILES string of the molecule is CC(C)CCN(Cc1ccc(CN)s1)C1CC1. The van der Waals surface area contributed by atoms with Crippen LogP contribution in [-0.2, 0) is 13.1 Å². The summed E-state index contributed by atoms with van der Waals surface area (Å²) in [5, 5.41) is 0. The summed E-state index contributed by atoms with van der Waals surface area (Å²) in [4.78, 5) is 5.44. The third-order valence-corrected chi connectivity index (χ3v) is 4.43. The predicted octanol–water partition coefficient (Wildman–Crippen LogP) is 3.22. The summed E-state index contributed by atoms with van der Waals surface area (Å²) in [6.45, 7) is 7.67. The number of rotatable bonds is 7. The van der Waals surface area contributed by atoms with Gasteiger partial charge in [0.2, 0.25) is 0 Å².